The quantitative estimate of drug-likeness (QED) is 0.279. The number of nitrogens with one attached hydrogen (secondary N) is 2. The SMILES string of the molecule is CC(C)(C)NS(=O)(=O)c1ccc(-c2sc(C(=O)NCC(C)(C)C3=NCN=N3)nc2CC2CCCCC2)c2ccccc12. The van der Waals surface area contributed by atoms with Crippen LogP contribution in [0.2, 0.25) is 0 Å². The van der Waals surface area contributed by atoms with Crippen LogP contribution < -0.4 is 10.0 Å². The standard InChI is InChI=1S/C31H40N6O3S2/c1-30(2,3)37-42(39,40)25-16-15-23(21-13-9-10-14-22(21)25)26-24(17-20-11-7-6-8-12-20)35-28(41-26)27(38)32-18-31(4,5)29-33-19-34-36-29/h9-10,13-16,20,37H,6-8,11-12,17-19H2,1-5H3,(H,32,38). The molecule has 0 spiro atoms. The summed E-state index contributed by atoms with van der Waals surface area (Å²) in [6.45, 7) is 10.1. The molecule has 1 amide bonds. The van der Waals surface area contributed by atoms with Gasteiger partial charge in [-0.2, -0.15) is 5.11 Å². The number of hydrogen-bond acceptors (Lipinski definition) is 8. The molecule has 1 aliphatic carbocycles. The largest absolute Gasteiger partial charge is 0.349 e. The van der Waals surface area contributed by atoms with E-state index < -0.39 is 21.0 Å². The van der Waals surface area contributed by atoms with Gasteiger partial charge in [0.05, 0.1) is 15.5 Å². The first kappa shape index (κ1) is 30.4. The van der Waals surface area contributed by atoms with Gasteiger partial charge in [0, 0.05) is 28.4 Å². The van der Waals surface area contributed by atoms with Crippen LogP contribution in [0.25, 0.3) is 21.2 Å². The highest BCUT2D eigenvalue weighted by molar-refractivity contribution is 7.89. The molecule has 0 radical (unpaired) electrons. The lowest BCUT2D eigenvalue weighted by molar-refractivity contribution is 0.0944. The van der Waals surface area contributed by atoms with Crippen LogP contribution in [0.4, 0.5) is 0 Å². The summed E-state index contributed by atoms with van der Waals surface area (Å²) < 4.78 is 29.6. The second-order valence-corrected chi connectivity index (χ2v) is 15.6. The highest BCUT2D eigenvalue weighted by Gasteiger charge is 2.30. The van der Waals surface area contributed by atoms with E-state index in [4.69, 9.17) is 4.98 Å². The smallest absolute Gasteiger partial charge is 0.280 e. The minimum atomic E-state index is -3.76. The molecule has 1 aromatic heterocycles. The Bertz CT molecular complexity index is 1640. The third kappa shape index (κ3) is 6.79. The Morgan fingerprint density at radius 1 is 1.00 bits per heavy atom. The average molecular weight is 609 g/mol. The lowest BCUT2D eigenvalue weighted by atomic mass is 9.85. The van der Waals surface area contributed by atoms with E-state index in [9.17, 15) is 13.2 Å². The lowest BCUT2D eigenvalue weighted by Gasteiger charge is -2.22. The zero-order valence-electron chi connectivity index (χ0n) is 25.0. The third-order valence-corrected chi connectivity index (χ3v) is 10.6. The molecule has 1 fully saturated rings. The molecular weight excluding hydrogens is 569 g/mol. The first-order valence-electron chi connectivity index (χ1n) is 14.6. The highest BCUT2D eigenvalue weighted by atomic mass is 32.2. The molecule has 11 heteroatoms. The van der Waals surface area contributed by atoms with Gasteiger partial charge in [-0.1, -0.05) is 76.3 Å². The molecule has 2 N–H and O–H groups in total. The van der Waals surface area contributed by atoms with Crippen molar-refractivity contribution in [3.63, 3.8) is 0 Å². The van der Waals surface area contributed by atoms with Crippen molar-refractivity contribution in [2.45, 2.75) is 83.6 Å². The molecule has 0 bridgehead atoms. The molecule has 9 nitrogen and oxygen atoms in total. The van der Waals surface area contributed by atoms with E-state index in [0.717, 1.165) is 40.8 Å². The minimum Gasteiger partial charge on any atom is -0.349 e. The maximum Gasteiger partial charge on any atom is 0.280 e. The molecule has 2 aromatic carbocycles. The number of azo groups is 1. The Kier molecular flexibility index (Phi) is 8.65. The first-order valence-corrected chi connectivity index (χ1v) is 16.9. The van der Waals surface area contributed by atoms with Crippen LogP contribution in [-0.2, 0) is 16.4 Å². The van der Waals surface area contributed by atoms with Crippen molar-refractivity contribution in [1.29, 1.82) is 0 Å². The van der Waals surface area contributed by atoms with E-state index >= 15 is 0 Å². The summed E-state index contributed by atoms with van der Waals surface area (Å²) in [6, 6.07) is 11.1. The number of nitrogens with zero attached hydrogens (tertiary/aromatic N) is 4. The highest BCUT2D eigenvalue weighted by Crippen LogP contribution is 2.40. The van der Waals surface area contributed by atoms with Crippen molar-refractivity contribution in [3.05, 3.63) is 47.1 Å². The molecule has 1 aliphatic heterocycles. The molecule has 3 aromatic rings. The summed E-state index contributed by atoms with van der Waals surface area (Å²) >= 11 is 1.37. The van der Waals surface area contributed by atoms with E-state index in [1.165, 1.54) is 30.6 Å². The number of carbonyl (C=O) groups excluding carboxylic acids is 1. The van der Waals surface area contributed by atoms with Gasteiger partial charge < -0.3 is 5.32 Å². The van der Waals surface area contributed by atoms with Crippen LogP contribution in [-0.4, -0.2) is 43.9 Å². The molecule has 42 heavy (non-hydrogen) atoms. The number of thiazole rings is 1. The number of rotatable bonds is 9. The van der Waals surface area contributed by atoms with E-state index in [1.807, 2.05) is 65.0 Å². The number of hydrogen-bond donors (Lipinski definition) is 2. The first-order chi connectivity index (χ1) is 19.8. The molecule has 1 saturated carbocycles. The third-order valence-electron chi connectivity index (χ3n) is 7.70. The topological polar surface area (TPSA) is 125 Å². The van der Waals surface area contributed by atoms with E-state index in [1.54, 1.807) is 6.07 Å². The Balaban J connectivity index is 1.53. The van der Waals surface area contributed by atoms with Gasteiger partial charge in [0.1, 0.15) is 0 Å². The van der Waals surface area contributed by atoms with Crippen LogP contribution in [0.1, 0.15) is 82.2 Å². The normalized spacial score (nSPS) is 16.6. The van der Waals surface area contributed by atoms with E-state index in [2.05, 4.69) is 25.3 Å². The fourth-order valence-corrected chi connectivity index (χ4v) is 8.34. The zero-order chi connectivity index (χ0) is 30.1. The number of aliphatic imine (C=N–C) groups is 1. The Morgan fingerprint density at radius 3 is 2.38 bits per heavy atom. The number of carbonyl (C=O) groups is 1. The maximum atomic E-state index is 13.4. The van der Waals surface area contributed by atoms with Crippen molar-refractivity contribution in [2.24, 2.45) is 26.6 Å². The Labute approximate surface area is 252 Å². The van der Waals surface area contributed by atoms with E-state index in [0.29, 0.717) is 35.4 Å². The van der Waals surface area contributed by atoms with Gasteiger partial charge >= 0.3 is 0 Å². The van der Waals surface area contributed by atoms with Crippen LogP contribution in [0.15, 0.2) is 56.5 Å². The zero-order valence-corrected chi connectivity index (χ0v) is 26.7. The van der Waals surface area contributed by atoms with Crippen molar-refractivity contribution in [2.75, 3.05) is 13.2 Å². The summed E-state index contributed by atoms with van der Waals surface area (Å²) in [5.74, 6) is 0.905. The number of aromatic nitrogens is 1. The van der Waals surface area contributed by atoms with Crippen LogP contribution >= 0.6 is 11.3 Å². The molecule has 2 aliphatic rings. The van der Waals surface area contributed by atoms with Gasteiger partial charge in [0.25, 0.3) is 5.91 Å². The van der Waals surface area contributed by atoms with Crippen molar-refractivity contribution in [3.8, 4) is 10.4 Å². The van der Waals surface area contributed by atoms with Crippen LogP contribution in [0.3, 0.4) is 0 Å². The Hall–Kier alpha value is -3.02. The number of sulfonamides is 1. The van der Waals surface area contributed by atoms with Gasteiger partial charge in [-0.3, -0.25) is 4.79 Å². The Morgan fingerprint density at radius 2 is 1.71 bits per heavy atom. The van der Waals surface area contributed by atoms with Crippen molar-refractivity contribution < 1.29 is 13.2 Å². The van der Waals surface area contributed by atoms with Gasteiger partial charge in [-0.05, 0) is 44.6 Å². The monoisotopic (exact) mass is 608 g/mol. The maximum absolute atomic E-state index is 13.4. The average Bonchev–Trinajstić information content (AvgIpc) is 3.62. The van der Waals surface area contributed by atoms with Crippen molar-refractivity contribution >= 4 is 43.9 Å². The van der Waals surface area contributed by atoms with E-state index in [-0.39, 0.29) is 10.8 Å². The lowest BCUT2D eigenvalue weighted by Crippen LogP contribution is -2.40. The van der Waals surface area contributed by atoms with Crippen LogP contribution in [0, 0.1) is 11.3 Å². The van der Waals surface area contributed by atoms with Gasteiger partial charge in [0.2, 0.25) is 10.0 Å². The molecule has 224 valence electrons. The second-order valence-electron chi connectivity index (χ2n) is 12.9. The molecule has 0 atom stereocenters. The summed E-state index contributed by atoms with van der Waals surface area (Å²) in [7, 11) is -3.76. The number of amides is 1. The molecule has 5 rings (SSSR count). The van der Waals surface area contributed by atoms with Gasteiger partial charge in [0.15, 0.2) is 17.5 Å². The fraction of sp³-hybridized carbons (Fsp3) is 0.516. The summed E-state index contributed by atoms with van der Waals surface area (Å²) in [4.78, 5) is 23.8. The van der Waals surface area contributed by atoms with Gasteiger partial charge in [-0.15, -0.1) is 16.5 Å². The fourth-order valence-electron chi connectivity index (χ4n) is 5.66. The summed E-state index contributed by atoms with van der Waals surface area (Å²) in [5, 5.41) is 13.0. The number of benzene rings is 2. The predicted molar refractivity (Wildman–Crippen MR) is 169 cm³/mol. The molecular formula is C31H40N6O3S2. The summed E-state index contributed by atoms with van der Waals surface area (Å²) in [5.41, 5.74) is 0.717. The van der Waals surface area contributed by atoms with Crippen LogP contribution in [0.5, 0.6) is 0 Å². The summed E-state index contributed by atoms with van der Waals surface area (Å²) in [6.07, 6.45) is 6.78. The second kappa shape index (κ2) is 11.9. The molecule has 0 unspecified atom stereocenters. The van der Waals surface area contributed by atoms with Gasteiger partial charge in [-0.25, -0.2) is 23.1 Å². The number of amidine groups is 1. The van der Waals surface area contributed by atoms with Crippen molar-refractivity contribution in [1.82, 2.24) is 15.0 Å². The molecule has 2 heterocycles. The molecule has 0 saturated heterocycles. The predicted octanol–water partition coefficient (Wildman–Crippen LogP) is 6.74. The number of fused-ring (bicyclic) bond motifs is 1. The minimum absolute atomic E-state index is 0.238.